The quantitative estimate of drug-likeness (QED) is 0.929. The minimum absolute atomic E-state index is 0.0249. The summed E-state index contributed by atoms with van der Waals surface area (Å²) < 4.78 is 13.4. The van der Waals surface area contributed by atoms with E-state index in [1.54, 1.807) is 17.0 Å². The van der Waals surface area contributed by atoms with Crippen molar-refractivity contribution >= 4 is 23.4 Å². The molecule has 108 valence electrons. The Hall–Kier alpha value is -1.62. The zero-order valence-corrected chi connectivity index (χ0v) is 11.9. The van der Waals surface area contributed by atoms with Crippen LogP contribution in [0.25, 0.3) is 0 Å². The third kappa shape index (κ3) is 3.10. The first kappa shape index (κ1) is 14.8. The average molecular weight is 299 g/mol. The summed E-state index contributed by atoms with van der Waals surface area (Å²) in [6.07, 6.45) is 0.771. The number of nitrogens with one attached hydrogen (secondary N) is 1. The van der Waals surface area contributed by atoms with E-state index in [1.807, 2.05) is 6.92 Å². The lowest BCUT2D eigenvalue weighted by atomic mass is 10.1. The van der Waals surface area contributed by atoms with Gasteiger partial charge in [0.1, 0.15) is 11.9 Å². The lowest BCUT2D eigenvalue weighted by molar-refractivity contribution is -0.134. The van der Waals surface area contributed by atoms with Crippen LogP contribution in [-0.4, -0.2) is 29.3 Å². The summed E-state index contributed by atoms with van der Waals surface area (Å²) in [5.41, 5.74) is 0.546. The largest absolute Gasteiger partial charge is 0.344 e. The number of hydrogen-bond acceptors (Lipinski definition) is 2. The maximum Gasteiger partial charge on any atom is 0.245 e. The van der Waals surface area contributed by atoms with Crippen LogP contribution in [0.15, 0.2) is 18.2 Å². The summed E-state index contributed by atoms with van der Waals surface area (Å²) in [6, 6.07) is 3.99. The van der Waals surface area contributed by atoms with Gasteiger partial charge in [-0.15, -0.1) is 0 Å². The number of carbonyl (C=O) groups is 2. The molecule has 0 bridgehead atoms. The predicted molar refractivity (Wildman–Crippen MR) is 73.7 cm³/mol. The van der Waals surface area contributed by atoms with Crippen molar-refractivity contribution in [1.29, 1.82) is 0 Å². The molecule has 1 saturated heterocycles. The molecule has 1 aliphatic heterocycles. The van der Waals surface area contributed by atoms with Crippen molar-refractivity contribution in [3.05, 3.63) is 34.6 Å². The fourth-order valence-corrected chi connectivity index (χ4v) is 2.39. The van der Waals surface area contributed by atoms with Crippen molar-refractivity contribution < 1.29 is 14.0 Å². The van der Waals surface area contributed by atoms with Crippen molar-refractivity contribution in [2.75, 3.05) is 6.54 Å². The zero-order chi connectivity index (χ0) is 14.7. The van der Waals surface area contributed by atoms with E-state index in [0.717, 1.165) is 0 Å². The molecule has 1 atom stereocenters. The molecule has 1 unspecified atom stereocenters. The van der Waals surface area contributed by atoms with E-state index in [9.17, 15) is 14.0 Å². The second-order valence-corrected chi connectivity index (χ2v) is 5.13. The van der Waals surface area contributed by atoms with Gasteiger partial charge in [-0.25, -0.2) is 4.39 Å². The number of amides is 2. The molecule has 1 aromatic carbocycles. The summed E-state index contributed by atoms with van der Waals surface area (Å²) in [4.78, 5) is 25.4. The third-order valence-electron chi connectivity index (χ3n) is 3.35. The molecule has 0 radical (unpaired) electrons. The lowest BCUT2D eigenvalue weighted by Crippen LogP contribution is -2.43. The molecule has 2 rings (SSSR count). The van der Waals surface area contributed by atoms with Crippen LogP contribution < -0.4 is 5.32 Å². The van der Waals surface area contributed by atoms with E-state index in [-0.39, 0.29) is 29.8 Å². The number of nitrogens with zero attached hydrogens (tertiary/aromatic N) is 1. The molecule has 4 nitrogen and oxygen atoms in total. The van der Waals surface area contributed by atoms with E-state index in [2.05, 4.69) is 5.32 Å². The van der Waals surface area contributed by atoms with Crippen molar-refractivity contribution in [1.82, 2.24) is 10.2 Å². The first-order valence-corrected chi connectivity index (χ1v) is 6.91. The molecular weight excluding hydrogens is 283 g/mol. The Bertz CT molecular complexity index is 536. The van der Waals surface area contributed by atoms with Crippen LogP contribution in [0.2, 0.25) is 5.02 Å². The highest BCUT2D eigenvalue weighted by molar-refractivity contribution is 6.31. The summed E-state index contributed by atoms with van der Waals surface area (Å²) in [7, 11) is 0. The fourth-order valence-electron chi connectivity index (χ4n) is 2.21. The maximum absolute atomic E-state index is 13.4. The maximum atomic E-state index is 13.4. The second-order valence-electron chi connectivity index (χ2n) is 4.75. The van der Waals surface area contributed by atoms with Gasteiger partial charge < -0.3 is 10.2 Å². The molecule has 0 spiro atoms. The van der Waals surface area contributed by atoms with Crippen LogP contribution in [0, 0.1) is 5.82 Å². The molecule has 0 saturated carbocycles. The Morgan fingerprint density at radius 1 is 1.45 bits per heavy atom. The number of benzene rings is 1. The molecule has 1 aromatic rings. The molecule has 20 heavy (non-hydrogen) atoms. The Morgan fingerprint density at radius 3 is 2.90 bits per heavy atom. The van der Waals surface area contributed by atoms with E-state index < -0.39 is 11.9 Å². The average Bonchev–Trinajstić information content (AvgIpc) is 2.56. The smallest absolute Gasteiger partial charge is 0.245 e. The minimum atomic E-state index is -0.516. The van der Waals surface area contributed by atoms with Crippen molar-refractivity contribution in [3.63, 3.8) is 0 Å². The van der Waals surface area contributed by atoms with Gasteiger partial charge in [0.05, 0.1) is 5.02 Å². The number of hydrogen-bond donors (Lipinski definition) is 1. The van der Waals surface area contributed by atoms with E-state index >= 15 is 0 Å². The van der Waals surface area contributed by atoms with Crippen LogP contribution in [0.1, 0.15) is 25.3 Å². The first-order valence-electron chi connectivity index (χ1n) is 6.54. The van der Waals surface area contributed by atoms with E-state index in [4.69, 9.17) is 11.6 Å². The third-order valence-corrected chi connectivity index (χ3v) is 3.78. The molecule has 1 N–H and O–H groups in total. The van der Waals surface area contributed by atoms with Gasteiger partial charge in [0.25, 0.3) is 0 Å². The van der Waals surface area contributed by atoms with Crippen molar-refractivity contribution in [2.24, 2.45) is 0 Å². The first-order chi connectivity index (χ1) is 9.52. The van der Waals surface area contributed by atoms with Gasteiger partial charge in [0.2, 0.25) is 11.8 Å². The van der Waals surface area contributed by atoms with E-state index in [0.29, 0.717) is 18.5 Å². The van der Waals surface area contributed by atoms with Gasteiger partial charge in [0, 0.05) is 19.5 Å². The predicted octanol–water partition coefficient (Wildman–Crippen LogP) is 2.11. The van der Waals surface area contributed by atoms with Gasteiger partial charge >= 0.3 is 0 Å². The van der Waals surface area contributed by atoms with Gasteiger partial charge in [-0.2, -0.15) is 0 Å². The second kappa shape index (κ2) is 6.22. The van der Waals surface area contributed by atoms with Gasteiger partial charge in [-0.1, -0.05) is 30.7 Å². The highest BCUT2D eigenvalue weighted by Gasteiger charge is 2.28. The SMILES string of the molecule is CCC1NC(=O)CCN(Cc2cccc(F)c2Cl)C1=O. The molecule has 6 heteroatoms. The molecule has 0 aliphatic carbocycles. The van der Waals surface area contributed by atoms with Crippen LogP contribution in [0.4, 0.5) is 4.39 Å². The summed E-state index contributed by atoms with van der Waals surface area (Å²) in [5, 5.41) is 2.71. The fraction of sp³-hybridized carbons (Fsp3) is 0.429. The minimum Gasteiger partial charge on any atom is -0.344 e. The van der Waals surface area contributed by atoms with Gasteiger partial charge in [0.15, 0.2) is 0 Å². The lowest BCUT2D eigenvalue weighted by Gasteiger charge is -2.24. The van der Waals surface area contributed by atoms with Crippen molar-refractivity contribution in [2.45, 2.75) is 32.4 Å². The van der Waals surface area contributed by atoms with Crippen LogP contribution in [-0.2, 0) is 16.1 Å². The van der Waals surface area contributed by atoms with Gasteiger partial charge in [-0.3, -0.25) is 9.59 Å². The standard InChI is InChI=1S/C14H16ClFN2O2/c1-2-11-14(20)18(7-6-12(19)17-11)8-9-4-3-5-10(16)13(9)15/h3-5,11H,2,6-8H2,1H3,(H,17,19). The molecule has 1 fully saturated rings. The Labute approximate surface area is 121 Å². The Balaban J connectivity index is 2.20. The number of halogens is 2. The number of carbonyl (C=O) groups excluding carboxylic acids is 2. The summed E-state index contributed by atoms with van der Waals surface area (Å²) in [6.45, 7) is 2.36. The van der Waals surface area contributed by atoms with Crippen LogP contribution in [0.3, 0.4) is 0 Å². The monoisotopic (exact) mass is 298 g/mol. The van der Waals surface area contributed by atoms with Crippen molar-refractivity contribution in [3.8, 4) is 0 Å². The van der Waals surface area contributed by atoms with E-state index in [1.165, 1.54) is 6.07 Å². The number of rotatable bonds is 3. The molecule has 1 heterocycles. The zero-order valence-electron chi connectivity index (χ0n) is 11.2. The topological polar surface area (TPSA) is 49.4 Å². The summed E-state index contributed by atoms with van der Waals surface area (Å²) >= 11 is 5.90. The van der Waals surface area contributed by atoms with Gasteiger partial charge in [-0.05, 0) is 18.1 Å². The normalized spacial score (nSPS) is 19.8. The highest BCUT2D eigenvalue weighted by Crippen LogP contribution is 2.22. The molecular formula is C14H16ClFN2O2. The summed E-state index contributed by atoms with van der Waals surface area (Å²) in [5.74, 6) is -0.801. The highest BCUT2D eigenvalue weighted by atomic mass is 35.5. The Kier molecular flexibility index (Phi) is 4.60. The Morgan fingerprint density at radius 2 is 2.20 bits per heavy atom. The van der Waals surface area contributed by atoms with Crippen LogP contribution >= 0.6 is 11.6 Å². The molecule has 2 amide bonds. The molecule has 1 aliphatic rings. The molecule has 0 aromatic heterocycles. The van der Waals surface area contributed by atoms with Crippen LogP contribution in [0.5, 0.6) is 0 Å².